The molecule has 0 spiro atoms. The fourth-order valence-electron chi connectivity index (χ4n) is 2.50. The lowest BCUT2D eigenvalue weighted by Gasteiger charge is -2.30. The van der Waals surface area contributed by atoms with Crippen LogP contribution in [-0.4, -0.2) is 12.1 Å². The molecule has 3 nitrogen and oxygen atoms in total. The molecule has 0 bridgehead atoms. The maximum absolute atomic E-state index is 12.2. The zero-order valence-corrected chi connectivity index (χ0v) is 11.6. The highest BCUT2D eigenvalue weighted by molar-refractivity contribution is 5.95. The predicted octanol–water partition coefficient (Wildman–Crippen LogP) is 3.10. The zero-order chi connectivity index (χ0) is 14.9. The topological polar surface area (TPSA) is 35.5 Å². The van der Waals surface area contributed by atoms with Crippen LogP contribution in [0.1, 0.15) is 28.4 Å². The number of benzene rings is 2. The third kappa shape index (κ3) is 2.10. The van der Waals surface area contributed by atoms with Crippen LogP contribution < -0.4 is 0 Å². The Hall–Kier alpha value is -2.57. The maximum Gasteiger partial charge on any atom is 0.341 e. The first-order valence-corrected chi connectivity index (χ1v) is 6.69. The van der Waals surface area contributed by atoms with Crippen molar-refractivity contribution < 1.29 is 14.3 Å². The standard InChI is InChI=1S/C18H14O3/c1-3-13(2)20-18(14-9-5-4-6-10-14)16-12-8-7-11-15(16)17(19)21-18/h1,4-13H,2H3/t13-,18+/m0/s1. The molecule has 0 unspecified atom stereocenters. The summed E-state index contributed by atoms with van der Waals surface area (Å²) in [6.45, 7) is 1.75. The van der Waals surface area contributed by atoms with Crippen molar-refractivity contribution in [3.63, 3.8) is 0 Å². The molecular weight excluding hydrogens is 264 g/mol. The molecule has 3 heteroatoms. The molecule has 0 N–H and O–H groups in total. The van der Waals surface area contributed by atoms with E-state index in [1.165, 1.54) is 0 Å². The average molecular weight is 278 g/mol. The van der Waals surface area contributed by atoms with E-state index in [1.807, 2.05) is 42.5 Å². The Labute approximate surface area is 123 Å². The van der Waals surface area contributed by atoms with Gasteiger partial charge >= 0.3 is 5.97 Å². The number of esters is 1. The normalized spacial score (nSPS) is 21.2. The van der Waals surface area contributed by atoms with Gasteiger partial charge in [0.15, 0.2) is 0 Å². The van der Waals surface area contributed by atoms with Crippen molar-refractivity contribution in [2.45, 2.75) is 18.8 Å². The number of carbonyl (C=O) groups is 1. The third-order valence-electron chi connectivity index (χ3n) is 3.47. The van der Waals surface area contributed by atoms with Crippen LogP contribution in [0.15, 0.2) is 54.6 Å². The monoisotopic (exact) mass is 278 g/mol. The molecule has 0 amide bonds. The Kier molecular flexibility index (Phi) is 3.25. The van der Waals surface area contributed by atoms with Gasteiger partial charge in [-0.25, -0.2) is 4.79 Å². The van der Waals surface area contributed by atoms with Gasteiger partial charge in [0.05, 0.1) is 5.56 Å². The molecule has 2 aromatic rings. The molecule has 1 heterocycles. The number of rotatable bonds is 3. The summed E-state index contributed by atoms with van der Waals surface area (Å²) in [5, 5.41) is 0. The highest BCUT2D eigenvalue weighted by Gasteiger charge is 2.49. The second kappa shape index (κ2) is 5.08. The lowest BCUT2D eigenvalue weighted by molar-refractivity contribution is -0.186. The summed E-state index contributed by atoms with van der Waals surface area (Å²) in [7, 11) is 0. The van der Waals surface area contributed by atoms with E-state index in [4.69, 9.17) is 15.9 Å². The molecule has 2 atom stereocenters. The number of fused-ring (bicyclic) bond motifs is 1. The van der Waals surface area contributed by atoms with E-state index in [0.29, 0.717) is 11.1 Å². The number of terminal acetylenes is 1. The minimum atomic E-state index is -1.28. The van der Waals surface area contributed by atoms with Crippen molar-refractivity contribution in [3.05, 3.63) is 71.3 Å². The first-order valence-electron chi connectivity index (χ1n) is 6.69. The van der Waals surface area contributed by atoms with Gasteiger partial charge < -0.3 is 9.47 Å². The van der Waals surface area contributed by atoms with Gasteiger partial charge in [-0.15, -0.1) is 6.42 Å². The van der Waals surface area contributed by atoms with Crippen LogP contribution in [-0.2, 0) is 15.3 Å². The Balaban J connectivity index is 2.20. The number of ether oxygens (including phenoxy) is 2. The predicted molar refractivity (Wildman–Crippen MR) is 78.5 cm³/mol. The van der Waals surface area contributed by atoms with Crippen molar-refractivity contribution in [1.82, 2.24) is 0 Å². The molecule has 3 rings (SSSR count). The molecule has 2 aromatic carbocycles. The van der Waals surface area contributed by atoms with Crippen molar-refractivity contribution >= 4 is 5.97 Å². The Morgan fingerprint density at radius 3 is 2.52 bits per heavy atom. The van der Waals surface area contributed by atoms with Gasteiger partial charge in [-0.3, -0.25) is 0 Å². The van der Waals surface area contributed by atoms with E-state index in [9.17, 15) is 4.79 Å². The Bertz CT molecular complexity index is 715. The minimum Gasteiger partial charge on any atom is -0.420 e. The highest BCUT2D eigenvalue weighted by Crippen LogP contribution is 2.43. The average Bonchev–Trinajstić information content (AvgIpc) is 2.82. The molecule has 21 heavy (non-hydrogen) atoms. The Morgan fingerprint density at radius 1 is 1.14 bits per heavy atom. The molecule has 1 aliphatic rings. The Morgan fingerprint density at radius 2 is 1.81 bits per heavy atom. The number of cyclic esters (lactones) is 1. The lowest BCUT2D eigenvalue weighted by Crippen LogP contribution is -2.34. The van der Waals surface area contributed by atoms with Crippen molar-refractivity contribution in [2.24, 2.45) is 0 Å². The van der Waals surface area contributed by atoms with Gasteiger partial charge in [0.1, 0.15) is 6.10 Å². The summed E-state index contributed by atoms with van der Waals surface area (Å²) in [4.78, 5) is 12.2. The van der Waals surface area contributed by atoms with Gasteiger partial charge in [0.2, 0.25) is 0 Å². The molecule has 0 aromatic heterocycles. The lowest BCUT2D eigenvalue weighted by atomic mass is 9.95. The zero-order valence-electron chi connectivity index (χ0n) is 11.6. The maximum atomic E-state index is 12.2. The smallest absolute Gasteiger partial charge is 0.341 e. The quantitative estimate of drug-likeness (QED) is 0.639. The summed E-state index contributed by atoms with van der Waals surface area (Å²) in [5.74, 6) is 0.837. The van der Waals surface area contributed by atoms with E-state index in [-0.39, 0.29) is 0 Å². The number of carbonyl (C=O) groups excluding carboxylic acids is 1. The van der Waals surface area contributed by atoms with E-state index >= 15 is 0 Å². The van der Waals surface area contributed by atoms with Crippen LogP contribution in [0, 0.1) is 12.3 Å². The molecule has 0 aliphatic carbocycles. The molecular formula is C18H14O3. The first-order chi connectivity index (χ1) is 10.2. The van der Waals surface area contributed by atoms with Crippen LogP contribution in [0.4, 0.5) is 0 Å². The van der Waals surface area contributed by atoms with Gasteiger partial charge in [-0.1, -0.05) is 54.5 Å². The van der Waals surface area contributed by atoms with Crippen LogP contribution in [0.2, 0.25) is 0 Å². The van der Waals surface area contributed by atoms with Crippen LogP contribution in [0.3, 0.4) is 0 Å². The molecule has 0 radical (unpaired) electrons. The molecule has 0 saturated heterocycles. The second-order valence-corrected chi connectivity index (χ2v) is 4.84. The van der Waals surface area contributed by atoms with Crippen molar-refractivity contribution in [3.8, 4) is 12.3 Å². The van der Waals surface area contributed by atoms with Gasteiger partial charge in [-0.05, 0) is 13.0 Å². The molecule has 0 fully saturated rings. The second-order valence-electron chi connectivity index (χ2n) is 4.84. The molecule has 104 valence electrons. The summed E-state index contributed by atoms with van der Waals surface area (Å²) in [6, 6.07) is 16.6. The summed E-state index contributed by atoms with van der Waals surface area (Å²) in [5.41, 5.74) is 1.93. The van der Waals surface area contributed by atoms with Crippen LogP contribution in [0.5, 0.6) is 0 Å². The van der Waals surface area contributed by atoms with Crippen LogP contribution >= 0.6 is 0 Å². The summed E-state index contributed by atoms with van der Waals surface area (Å²) in [6.07, 6.45) is 4.93. The van der Waals surface area contributed by atoms with Crippen molar-refractivity contribution in [1.29, 1.82) is 0 Å². The first kappa shape index (κ1) is 13.4. The largest absolute Gasteiger partial charge is 0.420 e. The number of hydrogen-bond donors (Lipinski definition) is 0. The molecule has 0 saturated carbocycles. The van der Waals surface area contributed by atoms with Gasteiger partial charge in [0, 0.05) is 11.1 Å². The van der Waals surface area contributed by atoms with Gasteiger partial charge in [-0.2, -0.15) is 0 Å². The van der Waals surface area contributed by atoms with E-state index in [2.05, 4.69) is 5.92 Å². The summed E-state index contributed by atoms with van der Waals surface area (Å²) >= 11 is 0. The molecule has 1 aliphatic heterocycles. The number of hydrogen-bond acceptors (Lipinski definition) is 3. The van der Waals surface area contributed by atoms with Gasteiger partial charge in [0.25, 0.3) is 5.79 Å². The SMILES string of the molecule is C#C[C@H](C)O[C@]1(c2ccccc2)OC(=O)c2ccccc21. The minimum absolute atomic E-state index is 0.404. The van der Waals surface area contributed by atoms with E-state index in [1.54, 1.807) is 19.1 Å². The van der Waals surface area contributed by atoms with Crippen molar-refractivity contribution in [2.75, 3.05) is 0 Å². The highest BCUT2D eigenvalue weighted by atomic mass is 16.7. The van der Waals surface area contributed by atoms with E-state index in [0.717, 1.165) is 5.56 Å². The summed E-state index contributed by atoms with van der Waals surface area (Å²) < 4.78 is 11.6. The fraction of sp³-hybridized carbons (Fsp3) is 0.167. The fourth-order valence-corrected chi connectivity index (χ4v) is 2.50. The third-order valence-corrected chi connectivity index (χ3v) is 3.47. The van der Waals surface area contributed by atoms with E-state index < -0.39 is 17.9 Å². The van der Waals surface area contributed by atoms with Crippen LogP contribution in [0.25, 0.3) is 0 Å².